The van der Waals surface area contributed by atoms with Crippen LogP contribution in [0.5, 0.6) is 0 Å². The van der Waals surface area contributed by atoms with Gasteiger partial charge in [-0.3, -0.25) is 0 Å². The maximum atomic E-state index is 5.28. The summed E-state index contributed by atoms with van der Waals surface area (Å²) < 4.78 is 11.0. The van der Waals surface area contributed by atoms with Crippen LogP contribution >= 0.6 is 22.6 Å². The minimum Gasteiger partial charge on any atom is -0.381 e. The molecule has 0 N–H and O–H groups in total. The van der Waals surface area contributed by atoms with Crippen LogP contribution in [0.2, 0.25) is 0 Å². The molecular weight excluding hydrogens is 283 g/mol. The molecule has 13 heavy (non-hydrogen) atoms. The van der Waals surface area contributed by atoms with Crippen LogP contribution < -0.4 is 0 Å². The Morgan fingerprint density at radius 2 is 2.46 bits per heavy atom. The first-order chi connectivity index (χ1) is 6.34. The standard InChI is InChI=1S/C8H11IN2O2/c9-8-10-7(13-11-8)2-1-6-3-4-12-5-6/h6H,1-5H2. The van der Waals surface area contributed by atoms with Crippen molar-refractivity contribution in [2.24, 2.45) is 5.92 Å². The highest BCUT2D eigenvalue weighted by atomic mass is 127. The van der Waals surface area contributed by atoms with E-state index in [2.05, 4.69) is 10.1 Å². The number of aryl methyl sites for hydroxylation is 1. The maximum absolute atomic E-state index is 5.28. The molecule has 1 atom stereocenters. The summed E-state index contributed by atoms with van der Waals surface area (Å²) in [7, 11) is 0. The van der Waals surface area contributed by atoms with Gasteiger partial charge in [-0.1, -0.05) is 5.16 Å². The lowest BCUT2D eigenvalue weighted by Gasteiger charge is -2.02. The van der Waals surface area contributed by atoms with E-state index in [1.54, 1.807) is 0 Å². The van der Waals surface area contributed by atoms with Gasteiger partial charge in [0, 0.05) is 42.2 Å². The highest BCUT2D eigenvalue weighted by molar-refractivity contribution is 14.1. The van der Waals surface area contributed by atoms with Gasteiger partial charge >= 0.3 is 0 Å². The van der Waals surface area contributed by atoms with Crippen LogP contribution in [-0.2, 0) is 11.2 Å². The van der Waals surface area contributed by atoms with Crippen molar-refractivity contribution in [3.8, 4) is 0 Å². The molecule has 0 bridgehead atoms. The Hall–Kier alpha value is -0.170. The molecule has 1 saturated heterocycles. The first-order valence-corrected chi connectivity index (χ1v) is 5.48. The third-order valence-electron chi connectivity index (χ3n) is 2.23. The second-order valence-corrected chi connectivity index (χ2v) is 4.19. The molecule has 1 aromatic heterocycles. The Morgan fingerprint density at radius 3 is 3.08 bits per heavy atom. The number of ether oxygens (including phenoxy) is 1. The largest absolute Gasteiger partial charge is 0.381 e. The zero-order chi connectivity index (χ0) is 9.10. The van der Waals surface area contributed by atoms with Gasteiger partial charge in [0.15, 0.2) is 0 Å². The van der Waals surface area contributed by atoms with Crippen molar-refractivity contribution < 1.29 is 9.26 Å². The average Bonchev–Trinajstić information content (AvgIpc) is 2.71. The summed E-state index contributed by atoms with van der Waals surface area (Å²) in [6.07, 6.45) is 3.15. The van der Waals surface area contributed by atoms with Gasteiger partial charge in [-0.05, 0) is 18.8 Å². The third-order valence-corrected chi connectivity index (χ3v) is 2.67. The lowest BCUT2D eigenvalue weighted by atomic mass is 10.0. The molecule has 2 heterocycles. The molecule has 1 unspecified atom stereocenters. The van der Waals surface area contributed by atoms with Crippen molar-refractivity contribution in [1.82, 2.24) is 10.1 Å². The van der Waals surface area contributed by atoms with Gasteiger partial charge in [0.2, 0.25) is 9.72 Å². The van der Waals surface area contributed by atoms with Gasteiger partial charge in [-0.25, -0.2) is 0 Å². The van der Waals surface area contributed by atoms with Gasteiger partial charge in [-0.2, -0.15) is 4.98 Å². The van der Waals surface area contributed by atoms with Crippen LogP contribution in [0.1, 0.15) is 18.7 Å². The molecule has 1 aromatic rings. The van der Waals surface area contributed by atoms with E-state index in [1.165, 1.54) is 6.42 Å². The molecule has 2 rings (SSSR count). The molecule has 5 heteroatoms. The van der Waals surface area contributed by atoms with E-state index >= 15 is 0 Å². The van der Waals surface area contributed by atoms with Crippen molar-refractivity contribution in [3.63, 3.8) is 0 Å². The van der Waals surface area contributed by atoms with Crippen LogP contribution in [0.25, 0.3) is 0 Å². The quantitative estimate of drug-likeness (QED) is 0.795. The maximum Gasteiger partial charge on any atom is 0.232 e. The minimum atomic E-state index is 0.685. The Morgan fingerprint density at radius 1 is 1.54 bits per heavy atom. The fourth-order valence-corrected chi connectivity index (χ4v) is 1.84. The summed E-state index contributed by atoms with van der Waals surface area (Å²) in [5.41, 5.74) is 0. The zero-order valence-corrected chi connectivity index (χ0v) is 9.36. The molecule has 0 spiro atoms. The molecule has 0 aromatic carbocycles. The zero-order valence-electron chi connectivity index (χ0n) is 7.20. The number of halogens is 1. The van der Waals surface area contributed by atoms with Crippen LogP contribution in [0.3, 0.4) is 0 Å². The number of nitrogens with zero attached hydrogens (tertiary/aromatic N) is 2. The average molecular weight is 294 g/mol. The molecule has 0 amide bonds. The summed E-state index contributed by atoms with van der Waals surface area (Å²) in [6.45, 7) is 1.80. The van der Waals surface area contributed by atoms with Gasteiger partial charge in [0.1, 0.15) is 0 Å². The SMILES string of the molecule is Ic1noc(CCC2CCOC2)n1. The Labute approximate surface area is 90.2 Å². The highest BCUT2D eigenvalue weighted by Gasteiger charge is 2.16. The van der Waals surface area contributed by atoms with Crippen molar-refractivity contribution in [2.75, 3.05) is 13.2 Å². The summed E-state index contributed by atoms with van der Waals surface area (Å²) >= 11 is 2.05. The normalized spacial score (nSPS) is 22.4. The molecule has 1 aliphatic rings. The number of hydrogen-bond donors (Lipinski definition) is 0. The first-order valence-electron chi connectivity index (χ1n) is 4.40. The molecule has 0 aliphatic carbocycles. The predicted octanol–water partition coefficient (Wildman–Crippen LogP) is 1.64. The van der Waals surface area contributed by atoms with Crippen LogP contribution in [0, 0.1) is 9.75 Å². The number of hydrogen-bond acceptors (Lipinski definition) is 4. The molecule has 4 nitrogen and oxygen atoms in total. The molecule has 72 valence electrons. The second-order valence-electron chi connectivity index (χ2n) is 3.23. The number of aromatic nitrogens is 2. The smallest absolute Gasteiger partial charge is 0.232 e. The van der Waals surface area contributed by atoms with Crippen molar-refractivity contribution >= 4 is 22.6 Å². The second kappa shape index (κ2) is 4.36. The van der Waals surface area contributed by atoms with Crippen LogP contribution in [0.15, 0.2) is 4.52 Å². The fourth-order valence-electron chi connectivity index (χ4n) is 1.47. The Balaban J connectivity index is 1.78. The van der Waals surface area contributed by atoms with E-state index in [4.69, 9.17) is 9.26 Å². The molecule has 1 fully saturated rings. The number of rotatable bonds is 3. The van der Waals surface area contributed by atoms with Gasteiger partial charge in [0.25, 0.3) is 0 Å². The van der Waals surface area contributed by atoms with E-state index in [-0.39, 0.29) is 0 Å². The monoisotopic (exact) mass is 294 g/mol. The van der Waals surface area contributed by atoms with Crippen molar-refractivity contribution in [1.29, 1.82) is 0 Å². The lowest BCUT2D eigenvalue weighted by Crippen LogP contribution is -2.01. The van der Waals surface area contributed by atoms with Gasteiger partial charge in [0.05, 0.1) is 0 Å². The van der Waals surface area contributed by atoms with E-state index in [1.807, 2.05) is 22.6 Å². The Kier molecular flexibility index (Phi) is 3.15. The molecule has 0 saturated carbocycles. The van der Waals surface area contributed by atoms with E-state index in [0.717, 1.165) is 31.9 Å². The Bertz CT molecular complexity index is 271. The van der Waals surface area contributed by atoms with E-state index in [9.17, 15) is 0 Å². The topological polar surface area (TPSA) is 48.2 Å². The summed E-state index contributed by atoms with van der Waals surface area (Å²) in [5, 5.41) is 3.73. The summed E-state index contributed by atoms with van der Waals surface area (Å²) in [6, 6.07) is 0. The van der Waals surface area contributed by atoms with E-state index < -0.39 is 0 Å². The lowest BCUT2D eigenvalue weighted by molar-refractivity contribution is 0.183. The fraction of sp³-hybridized carbons (Fsp3) is 0.750. The molecule has 1 aliphatic heterocycles. The van der Waals surface area contributed by atoms with Crippen molar-refractivity contribution in [2.45, 2.75) is 19.3 Å². The van der Waals surface area contributed by atoms with Crippen LogP contribution in [0.4, 0.5) is 0 Å². The first kappa shape index (κ1) is 9.39. The summed E-state index contributed by atoms with van der Waals surface area (Å²) in [5.74, 6) is 1.43. The molecule has 0 radical (unpaired) electrons. The summed E-state index contributed by atoms with van der Waals surface area (Å²) in [4.78, 5) is 4.14. The minimum absolute atomic E-state index is 0.685. The van der Waals surface area contributed by atoms with Gasteiger partial charge < -0.3 is 9.26 Å². The van der Waals surface area contributed by atoms with Gasteiger partial charge in [-0.15, -0.1) is 0 Å². The predicted molar refractivity (Wildman–Crippen MR) is 54.3 cm³/mol. The van der Waals surface area contributed by atoms with E-state index in [0.29, 0.717) is 9.75 Å². The highest BCUT2D eigenvalue weighted by Crippen LogP contribution is 2.18. The van der Waals surface area contributed by atoms with Crippen LogP contribution in [-0.4, -0.2) is 23.4 Å². The third kappa shape index (κ3) is 2.63. The van der Waals surface area contributed by atoms with Crippen molar-refractivity contribution in [3.05, 3.63) is 9.72 Å². The molecular formula is C8H11IN2O2.